The van der Waals surface area contributed by atoms with Crippen molar-refractivity contribution < 1.29 is 9.90 Å². The molecule has 0 aliphatic carbocycles. The van der Waals surface area contributed by atoms with Crippen LogP contribution in [0.2, 0.25) is 0 Å². The van der Waals surface area contributed by atoms with E-state index in [0.717, 1.165) is 5.56 Å². The first kappa shape index (κ1) is 16.1. The molecule has 0 fully saturated rings. The highest BCUT2D eigenvalue weighted by atomic mass is 16.4. The van der Waals surface area contributed by atoms with Crippen molar-refractivity contribution in [3.8, 4) is 0 Å². The molecule has 0 bridgehead atoms. The molecule has 0 amide bonds. The summed E-state index contributed by atoms with van der Waals surface area (Å²) in [6.45, 7) is 8.08. The fourth-order valence-electron chi connectivity index (χ4n) is 1.99. The van der Waals surface area contributed by atoms with E-state index in [2.05, 4.69) is 20.7 Å². The summed E-state index contributed by atoms with van der Waals surface area (Å²) in [6.07, 6.45) is 0. The highest BCUT2D eigenvalue weighted by Gasteiger charge is 2.21. The summed E-state index contributed by atoms with van der Waals surface area (Å²) in [5.74, 6) is -0.470. The summed E-state index contributed by atoms with van der Waals surface area (Å²) in [5.41, 5.74) is 1.46. The first-order chi connectivity index (χ1) is 10.3. The van der Waals surface area contributed by atoms with Crippen LogP contribution < -0.4 is 5.32 Å². The molecule has 1 unspecified atom stereocenters. The number of benzene rings is 1. The topological polar surface area (TPSA) is 92.9 Å². The van der Waals surface area contributed by atoms with Crippen LogP contribution in [0.1, 0.15) is 43.8 Å². The molecule has 118 valence electrons. The monoisotopic (exact) mass is 303 g/mol. The summed E-state index contributed by atoms with van der Waals surface area (Å²) >= 11 is 0. The Hall–Kier alpha value is -2.28. The number of carboxylic acid groups (broad SMARTS) is 1. The minimum absolute atomic E-state index is 0.237. The van der Waals surface area contributed by atoms with E-state index in [4.69, 9.17) is 0 Å². The van der Waals surface area contributed by atoms with Gasteiger partial charge in [0.15, 0.2) is 5.82 Å². The molecule has 22 heavy (non-hydrogen) atoms. The van der Waals surface area contributed by atoms with E-state index >= 15 is 0 Å². The lowest BCUT2D eigenvalue weighted by Crippen LogP contribution is -2.29. The Morgan fingerprint density at radius 1 is 1.41 bits per heavy atom. The van der Waals surface area contributed by atoms with Crippen LogP contribution in [0.5, 0.6) is 0 Å². The van der Waals surface area contributed by atoms with Crippen molar-refractivity contribution in [2.24, 2.45) is 0 Å². The van der Waals surface area contributed by atoms with Crippen molar-refractivity contribution in [2.45, 2.75) is 45.8 Å². The Kier molecular flexibility index (Phi) is 4.56. The van der Waals surface area contributed by atoms with E-state index in [1.807, 2.05) is 45.9 Å². The summed E-state index contributed by atoms with van der Waals surface area (Å²) in [4.78, 5) is 13.0. The predicted molar refractivity (Wildman–Crippen MR) is 81.2 cm³/mol. The highest BCUT2D eigenvalue weighted by molar-refractivity contribution is 5.75. The molecule has 0 aliphatic rings. The summed E-state index contributed by atoms with van der Waals surface area (Å²) in [7, 11) is 0. The smallest absolute Gasteiger partial charge is 0.325 e. The van der Waals surface area contributed by atoms with Crippen LogP contribution >= 0.6 is 0 Å². The van der Waals surface area contributed by atoms with E-state index < -0.39 is 12.0 Å². The van der Waals surface area contributed by atoms with Gasteiger partial charge < -0.3 is 5.11 Å². The van der Waals surface area contributed by atoms with Gasteiger partial charge in [-0.25, -0.2) is 0 Å². The van der Waals surface area contributed by atoms with Crippen LogP contribution in [-0.4, -0.2) is 31.3 Å². The number of aliphatic carboxylic acids is 1. The average molecular weight is 303 g/mol. The fraction of sp³-hybridized carbons (Fsp3) is 0.467. The lowest BCUT2D eigenvalue weighted by Gasteiger charge is -2.16. The molecule has 1 aromatic carbocycles. The third-order valence-corrected chi connectivity index (χ3v) is 3.14. The molecule has 7 nitrogen and oxygen atoms in total. The van der Waals surface area contributed by atoms with E-state index in [0.29, 0.717) is 11.4 Å². The Morgan fingerprint density at radius 3 is 2.68 bits per heavy atom. The Labute approximate surface area is 129 Å². The van der Waals surface area contributed by atoms with Crippen molar-refractivity contribution in [3.63, 3.8) is 0 Å². The average Bonchev–Trinajstić information content (AvgIpc) is 2.87. The number of tetrazole rings is 1. The van der Waals surface area contributed by atoms with Crippen molar-refractivity contribution in [1.29, 1.82) is 0 Å². The van der Waals surface area contributed by atoms with Gasteiger partial charge in [-0.05, 0) is 38.5 Å². The van der Waals surface area contributed by atoms with Gasteiger partial charge in [0.2, 0.25) is 0 Å². The minimum atomic E-state index is -0.936. The van der Waals surface area contributed by atoms with Gasteiger partial charge in [0.25, 0.3) is 0 Å². The van der Waals surface area contributed by atoms with Crippen molar-refractivity contribution in [1.82, 2.24) is 25.5 Å². The van der Waals surface area contributed by atoms with Crippen LogP contribution in [0, 0.1) is 6.92 Å². The first-order valence-electron chi connectivity index (χ1n) is 7.09. The maximum absolute atomic E-state index is 11.5. The van der Waals surface area contributed by atoms with Crippen LogP contribution in [0.4, 0.5) is 0 Å². The fourth-order valence-corrected chi connectivity index (χ4v) is 1.99. The molecular formula is C15H21N5O2. The quantitative estimate of drug-likeness (QED) is 0.872. The number of hydrogen-bond acceptors (Lipinski definition) is 5. The minimum Gasteiger partial charge on any atom is -0.480 e. The summed E-state index contributed by atoms with van der Waals surface area (Å²) < 4.78 is 0. The molecule has 0 aliphatic heterocycles. The van der Waals surface area contributed by atoms with E-state index in [-0.39, 0.29) is 12.1 Å². The van der Waals surface area contributed by atoms with Gasteiger partial charge in [-0.15, -0.1) is 10.2 Å². The number of carbonyl (C=O) groups is 1. The van der Waals surface area contributed by atoms with E-state index in [9.17, 15) is 9.90 Å². The third kappa shape index (κ3) is 3.88. The number of hydrogen-bond donors (Lipinski definition) is 2. The normalized spacial score (nSPS) is 13.1. The van der Waals surface area contributed by atoms with Crippen molar-refractivity contribution in [2.75, 3.05) is 0 Å². The third-order valence-electron chi connectivity index (χ3n) is 3.14. The molecule has 0 spiro atoms. The van der Waals surface area contributed by atoms with E-state index in [1.54, 1.807) is 6.07 Å². The largest absolute Gasteiger partial charge is 0.480 e. The molecule has 2 rings (SSSR count). The number of aryl methyl sites for hydroxylation is 1. The summed E-state index contributed by atoms with van der Waals surface area (Å²) in [6, 6.07) is 6.61. The molecule has 2 N–H and O–H groups in total. The second kappa shape index (κ2) is 6.23. The lowest BCUT2D eigenvalue weighted by molar-refractivity contribution is -0.139. The standard InChI is InChI=1S/C15H21N5O2/c1-10-6-5-7-11(8-10)13(14(21)22)16-9-12-17-19-20(18-12)15(2,3)4/h5-8,13,16H,9H2,1-4H3,(H,21,22). The zero-order chi connectivity index (χ0) is 16.3. The van der Waals surface area contributed by atoms with Crippen molar-refractivity contribution in [3.05, 3.63) is 41.2 Å². The molecule has 0 saturated carbocycles. The second-order valence-electron chi connectivity index (χ2n) is 6.23. The van der Waals surface area contributed by atoms with Gasteiger partial charge in [-0.3, -0.25) is 10.1 Å². The number of nitrogens with one attached hydrogen (secondary N) is 1. The zero-order valence-corrected chi connectivity index (χ0v) is 13.2. The number of aromatic nitrogens is 4. The van der Waals surface area contributed by atoms with Crippen LogP contribution in [0.15, 0.2) is 24.3 Å². The van der Waals surface area contributed by atoms with E-state index in [1.165, 1.54) is 4.80 Å². The Balaban J connectivity index is 2.10. The Bertz CT molecular complexity index is 660. The molecular weight excluding hydrogens is 282 g/mol. The van der Waals surface area contributed by atoms with Gasteiger partial charge >= 0.3 is 5.97 Å². The molecule has 1 atom stereocenters. The van der Waals surface area contributed by atoms with Gasteiger partial charge in [-0.1, -0.05) is 29.8 Å². The van der Waals surface area contributed by atoms with Crippen LogP contribution in [-0.2, 0) is 16.9 Å². The molecule has 0 radical (unpaired) electrons. The second-order valence-corrected chi connectivity index (χ2v) is 6.23. The van der Waals surface area contributed by atoms with Gasteiger partial charge in [-0.2, -0.15) is 4.80 Å². The van der Waals surface area contributed by atoms with Gasteiger partial charge in [0.05, 0.1) is 12.1 Å². The maximum atomic E-state index is 11.5. The Morgan fingerprint density at radius 2 is 2.14 bits per heavy atom. The van der Waals surface area contributed by atoms with Crippen LogP contribution in [0.25, 0.3) is 0 Å². The molecule has 2 aromatic rings. The molecule has 0 saturated heterocycles. The highest BCUT2D eigenvalue weighted by Crippen LogP contribution is 2.15. The zero-order valence-electron chi connectivity index (χ0n) is 13.2. The van der Waals surface area contributed by atoms with Gasteiger partial charge in [0, 0.05) is 0 Å². The number of carboxylic acids is 1. The number of rotatable bonds is 5. The van der Waals surface area contributed by atoms with Crippen LogP contribution in [0.3, 0.4) is 0 Å². The molecule has 1 aromatic heterocycles. The summed E-state index contributed by atoms with van der Waals surface area (Å²) in [5, 5.41) is 24.6. The predicted octanol–water partition coefficient (Wildman–Crippen LogP) is 1.65. The lowest BCUT2D eigenvalue weighted by atomic mass is 10.0. The van der Waals surface area contributed by atoms with Gasteiger partial charge in [0.1, 0.15) is 6.04 Å². The molecule has 7 heteroatoms. The molecule has 1 heterocycles. The number of nitrogens with zero attached hydrogens (tertiary/aromatic N) is 4. The maximum Gasteiger partial charge on any atom is 0.325 e. The van der Waals surface area contributed by atoms with Crippen molar-refractivity contribution >= 4 is 5.97 Å². The SMILES string of the molecule is Cc1cccc(C(NCc2nnn(C(C)(C)C)n2)C(=O)O)c1. The first-order valence-corrected chi connectivity index (χ1v) is 7.09.